The van der Waals surface area contributed by atoms with Gasteiger partial charge in [-0.3, -0.25) is 0 Å². The first-order valence-electron chi connectivity index (χ1n) is 5.16. The maximum absolute atomic E-state index is 9.17. The van der Waals surface area contributed by atoms with Crippen LogP contribution in [0.15, 0.2) is 18.2 Å². The minimum Gasteiger partial charge on any atom is -0.373 e. The van der Waals surface area contributed by atoms with Gasteiger partial charge in [0.1, 0.15) is 5.82 Å². The molecule has 0 bridgehead atoms. The molecule has 0 fully saturated rings. The Morgan fingerprint density at radius 3 is 2.56 bits per heavy atom. The Labute approximate surface area is 94.7 Å². The molecule has 80 valence electrons. The molecule has 0 amide bonds. The van der Waals surface area contributed by atoms with Crippen molar-refractivity contribution in [3.05, 3.63) is 34.9 Å². The van der Waals surface area contributed by atoms with Gasteiger partial charge in [0.25, 0.3) is 0 Å². The Kier molecular flexibility index (Phi) is 2.49. The number of nitrogens with one attached hydrogen (secondary N) is 1. The molecule has 0 unspecified atom stereocenters. The zero-order valence-electron chi connectivity index (χ0n) is 9.63. The van der Waals surface area contributed by atoms with Crippen molar-refractivity contribution < 1.29 is 0 Å². The Morgan fingerprint density at radius 1 is 1.25 bits per heavy atom. The summed E-state index contributed by atoms with van der Waals surface area (Å²) in [4.78, 5) is 4.50. The van der Waals surface area contributed by atoms with Crippen LogP contribution in [0, 0.1) is 25.2 Å². The van der Waals surface area contributed by atoms with E-state index in [2.05, 4.69) is 16.4 Å². The number of anilines is 1. The standard InChI is InChI=1S/C13H13N3/c1-8-4-5-9(2)13-12(8)10(7-14)6-11(15-3)16-13/h4-6H,1-3H3,(H,15,16). The van der Waals surface area contributed by atoms with E-state index in [1.54, 1.807) is 13.1 Å². The van der Waals surface area contributed by atoms with Gasteiger partial charge >= 0.3 is 0 Å². The summed E-state index contributed by atoms with van der Waals surface area (Å²) < 4.78 is 0. The summed E-state index contributed by atoms with van der Waals surface area (Å²) in [6, 6.07) is 8.08. The van der Waals surface area contributed by atoms with E-state index in [-0.39, 0.29) is 0 Å². The predicted molar refractivity (Wildman–Crippen MR) is 65.5 cm³/mol. The monoisotopic (exact) mass is 211 g/mol. The summed E-state index contributed by atoms with van der Waals surface area (Å²) in [7, 11) is 1.81. The first kappa shape index (κ1) is 10.4. The van der Waals surface area contributed by atoms with E-state index in [0.717, 1.165) is 27.8 Å². The van der Waals surface area contributed by atoms with Crippen LogP contribution in [0.4, 0.5) is 5.82 Å². The van der Waals surface area contributed by atoms with Crippen LogP contribution in [-0.2, 0) is 0 Å². The molecule has 0 spiro atoms. The fourth-order valence-corrected chi connectivity index (χ4v) is 1.86. The van der Waals surface area contributed by atoms with E-state index in [1.165, 1.54) is 0 Å². The number of rotatable bonds is 1. The third-order valence-corrected chi connectivity index (χ3v) is 2.75. The molecule has 0 atom stereocenters. The highest BCUT2D eigenvalue weighted by atomic mass is 15.0. The van der Waals surface area contributed by atoms with E-state index in [0.29, 0.717) is 5.56 Å². The summed E-state index contributed by atoms with van der Waals surface area (Å²) in [6.45, 7) is 4.01. The van der Waals surface area contributed by atoms with Crippen molar-refractivity contribution in [1.29, 1.82) is 5.26 Å². The first-order valence-corrected chi connectivity index (χ1v) is 5.16. The number of nitriles is 1. The molecule has 1 N–H and O–H groups in total. The van der Waals surface area contributed by atoms with Crippen molar-refractivity contribution in [1.82, 2.24) is 4.98 Å². The number of hydrogen-bond acceptors (Lipinski definition) is 3. The van der Waals surface area contributed by atoms with E-state index in [4.69, 9.17) is 5.26 Å². The highest BCUT2D eigenvalue weighted by molar-refractivity contribution is 5.91. The second-order valence-corrected chi connectivity index (χ2v) is 3.84. The molecule has 0 aliphatic rings. The van der Waals surface area contributed by atoms with Crippen LogP contribution in [-0.4, -0.2) is 12.0 Å². The van der Waals surface area contributed by atoms with Crippen LogP contribution in [0.1, 0.15) is 16.7 Å². The molecule has 3 heteroatoms. The van der Waals surface area contributed by atoms with Gasteiger partial charge in [-0.25, -0.2) is 4.98 Å². The molecule has 0 radical (unpaired) electrons. The lowest BCUT2D eigenvalue weighted by Crippen LogP contribution is -1.97. The Hall–Kier alpha value is -2.08. The van der Waals surface area contributed by atoms with Gasteiger partial charge in [0, 0.05) is 12.4 Å². The van der Waals surface area contributed by atoms with Crippen LogP contribution in [0.2, 0.25) is 0 Å². The summed E-state index contributed by atoms with van der Waals surface area (Å²) in [5, 5.41) is 13.1. The maximum atomic E-state index is 9.17. The van der Waals surface area contributed by atoms with Crippen LogP contribution >= 0.6 is 0 Å². The molecule has 1 heterocycles. The predicted octanol–water partition coefficient (Wildman–Crippen LogP) is 2.77. The number of pyridine rings is 1. The van der Waals surface area contributed by atoms with E-state index in [9.17, 15) is 0 Å². The second kappa shape index (κ2) is 3.82. The third kappa shape index (κ3) is 1.49. The highest BCUT2D eigenvalue weighted by Crippen LogP contribution is 2.25. The molecule has 1 aromatic carbocycles. The van der Waals surface area contributed by atoms with E-state index < -0.39 is 0 Å². The average molecular weight is 211 g/mol. The third-order valence-electron chi connectivity index (χ3n) is 2.75. The molecule has 0 saturated carbocycles. The van der Waals surface area contributed by atoms with Gasteiger partial charge in [-0.1, -0.05) is 12.1 Å². The Bertz CT molecular complexity index is 594. The normalized spacial score (nSPS) is 10.1. The summed E-state index contributed by atoms with van der Waals surface area (Å²) in [5.74, 6) is 0.734. The molecular formula is C13H13N3. The number of benzene rings is 1. The number of aryl methyl sites for hydroxylation is 2. The summed E-state index contributed by atoms with van der Waals surface area (Å²) in [5.41, 5.74) is 3.76. The smallest absolute Gasteiger partial charge is 0.127 e. The fraction of sp³-hybridized carbons (Fsp3) is 0.231. The van der Waals surface area contributed by atoms with E-state index >= 15 is 0 Å². The molecule has 3 nitrogen and oxygen atoms in total. The first-order chi connectivity index (χ1) is 7.67. The van der Waals surface area contributed by atoms with Crippen molar-refractivity contribution in [3.8, 4) is 6.07 Å². The SMILES string of the molecule is CNc1cc(C#N)c2c(C)ccc(C)c2n1. The molecule has 1 aromatic heterocycles. The molecule has 0 aliphatic carbocycles. The van der Waals surface area contributed by atoms with Gasteiger partial charge in [0.05, 0.1) is 17.1 Å². The van der Waals surface area contributed by atoms with Crippen LogP contribution < -0.4 is 5.32 Å². The van der Waals surface area contributed by atoms with Gasteiger partial charge in [-0.2, -0.15) is 5.26 Å². The number of nitrogens with zero attached hydrogens (tertiary/aromatic N) is 2. The summed E-state index contributed by atoms with van der Waals surface area (Å²) >= 11 is 0. The molecule has 2 aromatic rings. The quantitative estimate of drug-likeness (QED) is 0.789. The van der Waals surface area contributed by atoms with Crippen molar-refractivity contribution >= 4 is 16.7 Å². The minimum atomic E-state index is 0.676. The van der Waals surface area contributed by atoms with E-state index in [1.807, 2.05) is 26.0 Å². The van der Waals surface area contributed by atoms with Gasteiger partial charge in [-0.05, 0) is 31.0 Å². The zero-order chi connectivity index (χ0) is 11.7. The van der Waals surface area contributed by atoms with Crippen molar-refractivity contribution in [2.24, 2.45) is 0 Å². The highest BCUT2D eigenvalue weighted by Gasteiger charge is 2.09. The summed E-state index contributed by atoms with van der Waals surface area (Å²) in [6.07, 6.45) is 0. The van der Waals surface area contributed by atoms with Gasteiger partial charge in [0.2, 0.25) is 0 Å². The molecule has 2 rings (SSSR count). The molecule has 0 aliphatic heterocycles. The second-order valence-electron chi connectivity index (χ2n) is 3.84. The largest absolute Gasteiger partial charge is 0.373 e. The van der Waals surface area contributed by atoms with Crippen LogP contribution in [0.3, 0.4) is 0 Å². The van der Waals surface area contributed by atoms with Crippen molar-refractivity contribution in [2.45, 2.75) is 13.8 Å². The lowest BCUT2D eigenvalue weighted by atomic mass is 10.0. The van der Waals surface area contributed by atoms with Gasteiger partial charge in [-0.15, -0.1) is 0 Å². The van der Waals surface area contributed by atoms with Crippen molar-refractivity contribution in [3.63, 3.8) is 0 Å². The topological polar surface area (TPSA) is 48.7 Å². The molecule has 16 heavy (non-hydrogen) atoms. The van der Waals surface area contributed by atoms with Gasteiger partial charge in [0.15, 0.2) is 0 Å². The zero-order valence-corrected chi connectivity index (χ0v) is 9.63. The molecule has 0 saturated heterocycles. The van der Waals surface area contributed by atoms with Gasteiger partial charge < -0.3 is 5.32 Å². The maximum Gasteiger partial charge on any atom is 0.127 e. The number of fused-ring (bicyclic) bond motifs is 1. The molecular weight excluding hydrogens is 198 g/mol. The lowest BCUT2D eigenvalue weighted by molar-refractivity contribution is 1.30. The van der Waals surface area contributed by atoms with Crippen LogP contribution in [0.25, 0.3) is 10.9 Å². The minimum absolute atomic E-state index is 0.676. The van der Waals surface area contributed by atoms with Crippen LogP contribution in [0.5, 0.6) is 0 Å². The fourth-order valence-electron chi connectivity index (χ4n) is 1.86. The Balaban J connectivity index is 2.96. The lowest BCUT2D eigenvalue weighted by Gasteiger charge is -2.09. The number of hydrogen-bond donors (Lipinski definition) is 1. The Morgan fingerprint density at radius 2 is 1.94 bits per heavy atom. The average Bonchev–Trinajstić information content (AvgIpc) is 2.32. The number of aromatic nitrogens is 1. The van der Waals surface area contributed by atoms with Crippen molar-refractivity contribution in [2.75, 3.05) is 12.4 Å².